The van der Waals surface area contributed by atoms with Crippen molar-refractivity contribution < 1.29 is 9.59 Å². The van der Waals surface area contributed by atoms with E-state index in [1.165, 1.54) is 19.3 Å². The standard InChI is InChI=1S/C22H26N4O4/c27-18(5-6-26-20(29)17-4-2-1-3-16(17)19(28)25-26)23-24-21(30)22-10-13-7-14(11-22)9-15(8-13)12-22/h1-4,13-15H,5-12H2,(H,23,27)(H,24,30)(H,25,28). The monoisotopic (exact) mass is 410 g/mol. The third kappa shape index (κ3) is 3.24. The van der Waals surface area contributed by atoms with E-state index in [4.69, 9.17) is 0 Å². The highest BCUT2D eigenvalue weighted by Crippen LogP contribution is 2.60. The van der Waals surface area contributed by atoms with E-state index in [0.717, 1.165) is 23.9 Å². The second-order valence-electron chi connectivity index (χ2n) is 9.39. The number of hydrazine groups is 1. The summed E-state index contributed by atoms with van der Waals surface area (Å²) in [6, 6.07) is 6.57. The van der Waals surface area contributed by atoms with Crippen molar-refractivity contribution in [2.75, 3.05) is 0 Å². The van der Waals surface area contributed by atoms with E-state index in [9.17, 15) is 19.2 Å². The van der Waals surface area contributed by atoms with Gasteiger partial charge in [-0.2, -0.15) is 0 Å². The van der Waals surface area contributed by atoms with E-state index in [1.54, 1.807) is 24.3 Å². The average Bonchev–Trinajstić information content (AvgIpc) is 2.72. The van der Waals surface area contributed by atoms with Crippen LogP contribution in [0.5, 0.6) is 0 Å². The van der Waals surface area contributed by atoms with E-state index in [-0.39, 0.29) is 35.4 Å². The summed E-state index contributed by atoms with van der Waals surface area (Å²) in [7, 11) is 0. The fraction of sp³-hybridized carbons (Fsp3) is 0.545. The second-order valence-corrected chi connectivity index (χ2v) is 9.39. The summed E-state index contributed by atoms with van der Waals surface area (Å²) in [5.41, 5.74) is 4.08. The zero-order chi connectivity index (χ0) is 20.9. The van der Waals surface area contributed by atoms with Gasteiger partial charge in [0.25, 0.3) is 11.1 Å². The fourth-order valence-electron chi connectivity index (χ4n) is 6.33. The van der Waals surface area contributed by atoms with Crippen LogP contribution in [0, 0.1) is 23.2 Å². The third-order valence-corrected chi connectivity index (χ3v) is 7.28. The van der Waals surface area contributed by atoms with Crippen LogP contribution in [-0.4, -0.2) is 21.6 Å². The van der Waals surface area contributed by atoms with Gasteiger partial charge in [0.05, 0.1) is 22.7 Å². The molecule has 8 nitrogen and oxygen atoms in total. The first-order chi connectivity index (χ1) is 14.4. The Morgan fingerprint density at radius 3 is 2.20 bits per heavy atom. The minimum absolute atomic E-state index is 0.0258. The SMILES string of the molecule is O=C(CCn1[nH]c(=O)c2ccccc2c1=O)NNC(=O)C12CC3CC(CC(C3)C1)C2. The lowest BCUT2D eigenvalue weighted by Gasteiger charge is -2.55. The number of hydrogen-bond donors (Lipinski definition) is 3. The van der Waals surface area contributed by atoms with E-state index >= 15 is 0 Å². The minimum atomic E-state index is -0.394. The van der Waals surface area contributed by atoms with E-state index in [1.807, 2.05) is 0 Å². The smallest absolute Gasteiger partial charge is 0.273 e. The van der Waals surface area contributed by atoms with Crippen LogP contribution >= 0.6 is 0 Å². The number of rotatable bonds is 4. The van der Waals surface area contributed by atoms with Crippen LogP contribution in [0.2, 0.25) is 0 Å². The summed E-state index contributed by atoms with van der Waals surface area (Å²) in [6.07, 6.45) is 6.49. The summed E-state index contributed by atoms with van der Waals surface area (Å²) < 4.78 is 1.14. The second kappa shape index (κ2) is 7.11. The van der Waals surface area contributed by atoms with Gasteiger partial charge in [-0.15, -0.1) is 0 Å². The molecule has 1 heterocycles. The maximum absolute atomic E-state index is 12.9. The molecule has 3 N–H and O–H groups in total. The predicted molar refractivity (Wildman–Crippen MR) is 110 cm³/mol. The van der Waals surface area contributed by atoms with Crippen LogP contribution in [-0.2, 0) is 16.1 Å². The molecular weight excluding hydrogens is 384 g/mol. The van der Waals surface area contributed by atoms with Crippen LogP contribution in [0.25, 0.3) is 10.8 Å². The molecule has 2 aromatic rings. The number of carbonyl (C=O) groups excluding carboxylic acids is 2. The molecule has 6 rings (SSSR count). The number of fused-ring (bicyclic) bond motifs is 1. The lowest BCUT2D eigenvalue weighted by Crippen LogP contribution is -2.56. The zero-order valence-corrected chi connectivity index (χ0v) is 16.8. The van der Waals surface area contributed by atoms with Crippen molar-refractivity contribution in [2.45, 2.75) is 51.5 Å². The van der Waals surface area contributed by atoms with Gasteiger partial charge in [0.2, 0.25) is 11.8 Å². The number of aryl methyl sites for hydroxylation is 1. The number of benzene rings is 1. The van der Waals surface area contributed by atoms with Crippen LogP contribution in [0.15, 0.2) is 33.9 Å². The van der Waals surface area contributed by atoms with Crippen LogP contribution in [0.3, 0.4) is 0 Å². The highest BCUT2D eigenvalue weighted by Gasteiger charge is 2.54. The number of aromatic amines is 1. The van der Waals surface area contributed by atoms with Gasteiger partial charge in [0.15, 0.2) is 0 Å². The van der Waals surface area contributed by atoms with Gasteiger partial charge in [0.1, 0.15) is 0 Å². The highest BCUT2D eigenvalue weighted by molar-refractivity contribution is 5.86. The molecule has 8 heteroatoms. The Morgan fingerprint density at radius 1 is 0.967 bits per heavy atom. The van der Waals surface area contributed by atoms with Gasteiger partial charge < -0.3 is 0 Å². The third-order valence-electron chi connectivity index (χ3n) is 7.28. The summed E-state index contributed by atoms with van der Waals surface area (Å²) in [5, 5.41) is 3.15. The van der Waals surface area contributed by atoms with Gasteiger partial charge in [0, 0.05) is 6.42 Å². The van der Waals surface area contributed by atoms with Crippen molar-refractivity contribution in [2.24, 2.45) is 23.2 Å². The molecule has 4 bridgehead atoms. The molecule has 0 aliphatic heterocycles. The molecule has 1 aromatic carbocycles. The molecule has 4 saturated carbocycles. The Hall–Kier alpha value is -2.90. The normalized spacial score (nSPS) is 29.1. The van der Waals surface area contributed by atoms with Gasteiger partial charge >= 0.3 is 0 Å². The molecule has 0 saturated heterocycles. The van der Waals surface area contributed by atoms with Crippen molar-refractivity contribution in [1.29, 1.82) is 0 Å². The van der Waals surface area contributed by atoms with Crippen LogP contribution in [0.1, 0.15) is 44.9 Å². The summed E-state index contributed by atoms with van der Waals surface area (Å²) >= 11 is 0. The largest absolute Gasteiger partial charge is 0.273 e. The molecule has 0 spiro atoms. The summed E-state index contributed by atoms with van der Waals surface area (Å²) in [6.45, 7) is 0.0258. The quantitative estimate of drug-likeness (QED) is 0.662. The Morgan fingerprint density at radius 2 is 1.57 bits per heavy atom. The van der Waals surface area contributed by atoms with Crippen molar-refractivity contribution >= 4 is 22.6 Å². The summed E-state index contributed by atoms with van der Waals surface area (Å²) in [4.78, 5) is 49.8. The number of carbonyl (C=O) groups is 2. The first-order valence-corrected chi connectivity index (χ1v) is 10.7. The van der Waals surface area contributed by atoms with Gasteiger partial charge in [-0.25, -0.2) is 4.68 Å². The molecule has 4 aliphatic carbocycles. The average molecular weight is 410 g/mol. The molecule has 4 aliphatic rings. The number of nitrogens with one attached hydrogen (secondary N) is 3. The van der Waals surface area contributed by atoms with Crippen molar-refractivity contribution in [3.8, 4) is 0 Å². The molecule has 0 atom stereocenters. The topological polar surface area (TPSA) is 113 Å². The number of aromatic nitrogens is 2. The molecule has 2 amide bonds. The Kier molecular flexibility index (Phi) is 4.52. The fourth-order valence-corrected chi connectivity index (χ4v) is 6.33. The van der Waals surface area contributed by atoms with Crippen molar-refractivity contribution in [3.05, 3.63) is 45.0 Å². The van der Waals surface area contributed by atoms with Gasteiger partial charge in [-0.3, -0.25) is 35.1 Å². The molecule has 0 radical (unpaired) electrons. The lowest BCUT2D eigenvalue weighted by atomic mass is 9.49. The molecule has 4 fully saturated rings. The number of amides is 2. The Balaban J connectivity index is 1.20. The van der Waals surface area contributed by atoms with E-state index in [2.05, 4.69) is 16.0 Å². The molecule has 0 unspecified atom stereocenters. The summed E-state index contributed by atoms with van der Waals surface area (Å²) in [5.74, 6) is 1.47. The molecule has 158 valence electrons. The van der Waals surface area contributed by atoms with Gasteiger partial charge in [-0.1, -0.05) is 12.1 Å². The van der Waals surface area contributed by atoms with Crippen LogP contribution < -0.4 is 22.0 Å². The van der Waals surface area contributed by atoms with Crippen LogP contribution in [0.4, 0.5) is 0 Å². The minimum Gasteiger partial charge on any atom is -0.273 e. The Bertz CT molecular complexity index is 1100. The number of nitrogens with zero attached hydrogens (tertiary/aromatic N) is 1. The first-order valence-electron chi connectivity index (χ1n) is 10.7. The maximum Gasteiger partial charge on any atom is 0.273 e. The van der Waals surface area contributed by atoms with E-state index < -0.39 is 5.91 Å². The molecule has 30 heavy (non-hydrogen) atoms. The Labute approximate surface area is 173 Å². The van der Waals surface area contributed by atoms with Crippen molar-refractivity contribution in [3.63, 3.8) is 0 Å². The van der Waals surface area contributed by atoms with Gasteiger partial charge in [-0.05, 0) is 68.4 Å². The number of H-pyrrole nitrogens is 1. The lowest BCUT2D eigenvalue weighted by molar-refractivity contribution is -0.148. The first kappa shape index (κ1) is 19.1. The maximum atomic E-state index is 12.9. The van der Waals surface area contributed by atoms with Crippen molar-refractivity contribution in [1.82, 2.24) is 20.6 Å². The number of hydrogen-bond acceptors (Lipinski definition) is 4. The molecular formula is C22H26N4O4. The highest BCUT2D eigenvalue weighted by atomic mass is 16.2. The zero-order valence-electron chi connectivity index (χ0n) is 16.8. The predicted octanol–water partition coefficient (Wildman–Crippen LogP) is 1.44. The van der Waals surface area contributed by atoms with E-state index in [0.29, 0.717) is 28.5 Å². The molecule has 1 aromatic heterocycles.